The molecule has 1 saturated heterocycles. The molecule has 1 N–H and O–H groups in total. The van der Waals surface area contributed by atoms with Crippen molar-refractivity contribution in [2.24, 2.45) is 5.92 Å². The molecule has 0 amide bonds. The van der Waals surface area contributed by atoms with Crippen molar-refractivity contribution in [2.75, 3.05) is 33.7 Å². The highest BCUT2D eigenvalue weighted by molar-refractivity contribution is 4.71. The molecule has 10 heavy (non-hydrogen) atoms. The van der Waals surface area contributed by atoms with Crippen LogP contribution < -0.4 is 5.32 Å². The normalized spacial score (nSPS) is 26.1. The molecular formula is C8H18N2. The van der Waals surface area contributed by atoms with Crippen LogP contribution in [0.5, 0.6) is 0 Å². The Morgan fingerprint density at radius 1 is 1.50 bits per heavy atom. The monoisotopic (exact) mass is 142 g/mol. The first-order valence-corrected chi connectivity index (χ1v) is 4.14. The summed E-state index contributed by atoms with van der Waals surface area (Å²) < 4.78 is 0. The van der Waals surface area contributed by atoms with E-state index in [-0.39, 0.29) is 0 Å². The van der Waals surface area contributed by atoms with Gasteiger partial charge in [0.25, 0.3) is 0 Å². The van der Waals surface area contributed by atoms with Crippen LogP contribution in [0.2, 0.25) is 0 Å². The Kier molecular flexibility index (Phi) is 3.16. The van der Waals surface area contributed by atoms with Gasteiger partial charge >= 0.3 is 0 Å². The highest BCUT2D eigenvalue weighted by Crippen LogP contribution is 2.11. The summed E-state index contributed by atoms with van der Waals surface area (Å²) in [4.78, 5) is 2.26. The van der Waals surface area contributed by atoms with Crippen LogP contribution in [0.4, 0.5) is 0 Å². The molecule has 0 unspecified atom stereocenters. The van der Waals surface area contributed by atoms with Gasteiger partial charge in [-0.15, -0.1) is 0 Å². The fourth-order valence-corrected chi connectivity index (χ4v) is 1.40. The first-order chi connectivity index (χ1) is 4.79. The smallest absolute Gasteiger partial charge is 0.00196 e. The molecule has 0 aromatic rings. The third kappa shape index (κ3) is 2.67. The summed E-state index contributed by atoms with van der Waals surface area (Å²) in [7, 11) is 4.28. The highest BCUT2D eigenvalue weighted by Gasteiger charge is 2.13. The van der Waals surface area contributed by atoms with Crippen molar-refractivity contribution >= 4 is 0 Å². The predicted octanol–water partition coefficient (Wildman–Crippen LogP) is 0.548. The number of rotatable bonds is 3. The molecule has 1 atom stereocenters. The summed E-state index contributed by atoms with van der Waals surface area (Å²) in [5.41, 5.74) is 0. The van der Waals surface area contributed by atoms with E-state index in [1.165, 1.54) is 32.5 Å². The maximum atomic E-state index is 3.38. The summed E-state index contributed by atoms with van der Waals surface area (Å²) in [6, 6.07) is 0. The fraction of sp³-hybridized carbons (Fsp3) is 1.00. The summed E-state index contributed by atoms with van der Waals surface area (Å²) in [5, 5.41) is 3.38. The molecule has 2 nitrogen and oxygen atoms in total. The van der Waals surface area contributed by atoms with Crippen molar-refractivity contribution in [1.29, 1.82) is 0 Å². The van der Waals surface area contributed by atoms with Gasteiger partial charge in [-0.2, -0.15) is 0 Å². The lowest BCUT2D eigenvalue weighted by Gasteiger charge is -2.12. The Bertz CT molecular complexity index is 85.3. The third-order valence-electron chi connectivity index (χ3n) is 2.15. The average molecular weight is 142 g/mol. The SMILES string of the molecule is CN(C)CC[C@H]1CCNC1. The zero-order valence-electron chi connectivity index (χ0n) is 7.06. The van der Waals surface area contributed by atoms with Crippen LogP contribution in [0.15, 0.2) is 0 Å². The minimum absolute atomic E-state index is 0.947. The van der Waals surface area contributed by atoms with E-state index < -0.39 is 0 Å². The molecule has 0 aromatic carbocycles. The molecule has 0 spiro atoms. The number of nitrogens with zero attached hydrogens (tertiary/aromatic N) is 1. The van der Waals surface area contributed by atoms with Gasteiger partial charge < -0.3 is 10.2 Å². The van der Waals surface area contributed by atoms with Crippen LogP contribution >= 0.6 is 0 Å². The van der Waals surface area contributed by atoms with Crippen molar-refractivity contribution < 1.29 is 0 Å². The first kappa shape index (κ1) is 8.02. The summed E-state index contributed by atoms with van der Waals surface area (Å²) >= 11 is 0. The van der Waals surface area contributed by atoms with Gasteiger partial charge in [0.05, 0.1) is 0 Å². The van der Waals surface area contributed by atoms with Crippen molar-refractivity contribution in [2.45, 2.75) is 12.8 Å². The van der Waals surface area contributed by atoms with Crippen molar-refractivity contribution in [3.63, 3.8) is 0 Å². The fourth-order valence-electron chi connectivity index (χ4n) is 1.40. The van der Waals surface area contributed by atoms with E-state index in [9.17, 15) is 0 Å². The minimum Gasteiger partial charge on any atom is -0.316 e. The van der Waals surface area contributed by atoms with E-state index in [0.717, 1.165) is 5.92 Å². The third-order valence-corrected chi connectivity index (χ3v) is 2.15. The average Bonchev–Trinajstić information content (AvgIpc) is 2.34. The molecule has 1 fully saturated rings. The maximum Gasteiger partial charge on any atom is -0.00196 e. The summed E-state index contributed by atoms with van der Waals surface area (Å²) in [6.07, 6.45) is 2.74. The Hall–Kier alpha value is -0.0800. The van der Waals surface area contributed by atoms with Crippen molar-refractivity contribution in [1.82, 2.24) is 10.2 Å². The Balaban J connectivity index is 2.01. The van der Waals surface area contributed by atoms with E-state index in [1.54, 1.807) is 0 Å². The van der Waals surface area contributed by atoms with Gasteiger partial charge in [0.2, 0.25) is 0 Å². The second kappa shape index (κ2) is 3.94. The molecule has 60 valence electrons. The summed E-state index contributed by atoms with van der Waals surface area (Å²) in [5.74, 6) is 0.947. The first-order valence-electron chi connectivity index (χ1n) is 4.14. The summed E-state index contributed by atoms with van der Waals surface area (Å²) in [6.45, 7) is 3.72. The minimum atomic E-state index is 0.947. The van der Waals surface area contributed by atoms with Crippen LogP contribution in [-0.2, 0) is 0 Å². The lowest BCUT2D eigenvalue weighted by atomic mass is 10.1. The molecular weight excluding hydrogens is 124 g/mol. The van der Waals surface area contributed by atoms with E-state index in [2.05, 4.69) is 24.3 Å². The standard InChI is InChI=1S/C8H18N2/c1-10(2)6-4-8-3-5-9-7-8/h8-9H,3-7H2,1-2H3/t8-/m1/s1. The van der Waals surface area contributed by atoms with Crippen LogP contribution in [0.1, 0.15) is 12.8 Å². The molecule has 0 saturated carbocycles. The zero-order valence-corrected chi connectivity index (χ0v) is 7.06. The predicted molar refractivity (Wildman–Crippen MR) is 44.1 cm³/mol. The molecule has 1 heterocycles. The molecule has 2 heteroatoms. The van der Waals surface area contributed by atoms with Gasteiger partial charge in [0, 0.05) is 0 Å². The number of hydrogen-bond acceptors (Lipinski definition) is 2. The lowest BCUT2D eigenvalue weighted by molar-refractivity contribution is 0.360. The van der Waals surface area contributed by atoms with Crippen molar-refractivity contribution in [3.8, 4) is 0 Å². The van der Waals surface area contributed by atoms with Gasteiger partial charge in [0.1, 0.15) is 0 Å². The molecule has 0 aliphatic carbocycles. The van der Waals surface area contributed by atoms with E-state index in [4.69, 9.17) is 0 Å². The van der Waals surface area contributed by atoms with Crippen molar-refractivity contribution in [3.05, 3.63) is 0 Å². The lowest BCUT2D eigenvalue weighted by Crippen LogP contribution is -2.18. The van der Waals surface area contributed by atoms with E-state index in [1.807, 2.05) is 0 Å². The highest BCUT2D eigenvalue weighted by atomic mass is 15.0. The number of nitrogens with one attached hydrogen (secondary N) is 1. The topological polar surface area (TPSA) is 15.3 Å². The van der Waals surface area contributed by atoms with Crippen LogP contribution in [0.3, 0.4) is 0 Å². The van der Waals surface area contributed by atoms with Gasteiger partial charge in [-0.1, -0.05) is 0 Å². The molecule has 1 aliphatic heterocycles. The Morgan fingerprint density at radius 2 is 2.30 bits per heavy atom. The largest absolute Gasteiger partial charge is 0.316 e. The second-order valence-electron chi connectivity index (χ2n) is 3.45. The van der Waals surface area contributed by atoms with E-state index in [0.29, 0.717) is 0 Å². The van der Waals surface area contributed by atoms with Crippen LogP contribution in [0, 0.1) is 5.92 Å². The van der Waals surface area contributed by atoms with Gasteiger partial charge in [0.15, 0.2) is 0 Å². The quantitative estimate of drug-likeness (QED) is 0.619. The van der Waals surface area contributed by atoms with Gasteiger partial charge in [-0.05, 0) is 52.5 Å². The van der Waals surface area contributed by atoms with Crippen LogP contribution in [0.25, 0.3) is 0 Å². The van der Waals surface area contributed by atoms with Crippen LogP contribution in [-0.4, -0.2) is 38.6 Å². The van der Waals surface area contributed by atoms with E-state index >= 15 is 0 Å². The zero-order chi connectivity index (χ0) is 7.40. The molecule has 0 radical (unpaired) electrons. The molecule has 0 bridgehead atoms. The molecule has 1 aliphatic rings. The van der Waals surface area contributed by atoms with Gasteiger partial charge in [-0.3, -0.25) is 0 Å². The maximum absolute atomic E-state index is 3.38. The molecule has 1 rings (SSSR count). The second-order valence-corrected chi connectivity index (χ2v) is 3.45. The number of hydrogen-bond donors (Lipinski definition) is 1. The Morgan fingerprint density at radius 3 is 2.80 bits per heavy atom. The molecule has 0 aromatic heterocycles. The van der Waals surface area contributed by atoms with Gasteiger partial charge in [-0.25, -0.2) is 0 Å². The Labute approximate surface area is 63.6 Å².